The first kappa shape index (κ1) is 16.9. The first-order chi connectivity index (χ1) is 10.2. The topological polar surface area (TPSA) is 72.2 Å². The van der Waals surface area contributed by atoms with E-state index in [1.807, 2.05) is 31.9 Å². The summed E-state index contributed by atoms with van der Waals surface area (Å²) in [5.74, 6) is -0.0741. The van der Waals surface area contributed by atoms with E-state index in [2.05, 4.69) is 29.6 Å². The van der Waals surface area contributed by atoms with Crippen LogP contribution < -0.4 is 11.1 Å². The predicted molar refractivity (Wildman–Crippen MR) is 86.0 cm³/mol. The van der Waals surface area contributed by atoms with Gasteiger partial charge >= 0.3 is 0 Å². The monoisotopic (exact) mass is 286 g/mol. The lowest BCUT2D eigenvalue weighted by Crippen LogP contribution is -2.42. The van der Waals surface area contributed by atoms with E-state index in [-0.39, 0.29) is 5.91 Å². The average molecular weight is 286 g/mol. The Morgan fingerprint density at radius 2 is 1.86 bits per heavy atom. The molecule has 0 saturated heterocycles. The zero-order chi connectivity index (χ0) is 15.7. The van der Waals surface area contributed by atoms with Crippen LogP contribution in [0.3, 0.4) is 0 Å². The van der Waals surface area contributed by atoms with Crippen molar-refractivity contribution in [1.82, 2.24) is 5.32 Å². The van der Waals surface area contributed by atoms with Crippen molar-refractivity contribution in [2.75, 3.05) is 6.54 Å². The lowest BCUT2D eigenvalue weighted by atomic mass is 10.0. The first-order valence-electron chi connectivity index (χ1n) is 7.00. The van der Waals surface area contributed by atoms with Gasteiger partial charge in [-0.2, -0.15) is 0 Å². The Labute approximate surface area is 125 Å². The van der Waals surface area contributed by atoms with Crippen LogP contribution in [0.2, 0.25) is 0 Å². The number of rotatable bonds is 5. The number of benzene rings is 2. The number of carbonyl (C=O) groups excluding carboxylic acids is 2. The summed E-state index contributed by atoms with van der Waals surface area (Å²) >= 11 is 0. The quantitative estimate of drug-likeness (QED) is 0.883. The van der Waals surface area contributed by atoms with E-state index >= 15 is 0 Å². The van der Waals surface area contributed by atoms with E-state index in [1.165, 1.54) is 10.8 Å². The molecule has 0 fully saturated rings. The van der Waals surface area contributed by atoms with Crippen molar-refractivity contribution in [2.24, 2.45) is 5.73 Å². The van der Waals surface area contributed by atoms with E-state index < -0.39 is 6.04 Å². The molecule has 0 aromatic heterocycles. The molecule has 0 saturated carbocycles. The summed E-state index contributed by atoms with van der Waals surface area (Å²) in [6.45, 7) is 4.71. The highest BCUT2D eigenvalue weighted by molar-refractivity contribution is 5.84. The summed E-state index contributed by atoms with van der Waals surface area (Å²) in [4.78, 5) is 19.7. The van der Waals surface area contributed by atoms with Crippen LogP contribution in [0.25, 0.3) is 10.8 Å². The normalized spacial score (nSPS) is 11.3. The molecule has 2 aromatic rings. The number of hydrogen-bond donors (Lipinski definition) is 2. The van der Waals surface area contributed by atoms with Gasteiger partial charge < -0.3 is 15.8 Å². The van der Waals surface area contributed by atoms with Crippen molar-refractivity contribution in [3.63, 3.8) is 0 Å². The van der Waals surface area contributed by atoms with E-state index in [1.54, 1.807) is 0 Å². The van der Waals surface area contributed by atoms with Crippen molar-refractivity contribution in [3.8, 4) is 0 Å². The molecule has 0 aliphatic rings. The van der Waals surface area contributed by atoms with Gasteiger partial charge in [0.15, 0.2) is 0 Å². The zero-order valence-corrected chi connectivity index (χ0v) is 12.3. The predicted octanol–water partition coefficient (Wildman–Crippen LogP) is 2.05. The van der Waals surface area contributed by atoms with Crippen LogP contribution in [0.5, 0.6) is 0 Å². The van der Waals surface area contributed by atoms with Crippen molar-refractivity contribution in [1.29, 1.82) is 0 Å². The Hall–Kier alpha value is -2.20. The first-order valence-corrected chi connectivity index (χ1v) is 7.00. The maximum absolute atomic E-state index is 11.7. The van der Waals surface area contributed by atoms with Crippen LogP contribution >= 0.6 is 0 Å². The van der Waals surface area contributed by atoms with Gasteiger partial charge in [-0.25, -0.2) is 0 Å². The van der Waals surface area contributed by atoms with Crippen molar-refractivity contribution in [2.45, 2.75) is 25.8 Å². The van der Waals surface area contributed by atoms with Crippen molar-refractivity contribution >= 4 is 23.5 Å². The van der Waals surface area contributed by atoms with Gasteiger partial charge in [-0.1, -0.05) is 49.4 Å². The zero-order valence-electron chi connectivity index (χ0n) is 12.3. The van der Waals surface area contributed by atoms with E-state index in [0.29, 0.717) is 13.0 Å². The highest BCUT2D eigenvalue weighted by atomic mass is 16.2. The molecule has 4 nitrogen and oxygen atoms in total. The Bertz CT molecular complexity index is 584. The summed E-state index contributed by atoms with van der Waals surface area (Å²) < 4.78 is 0. The Morgan fingerprint density at radius 1 is 1.19 bits per heavy atom. The summed E-state index contributed by atoms with van der Waals surface area (Å²) in [7, 11) is 0. The van der Waals surface area contributed by atoms with E-state index in [4.69, 9.17) is 10.5 Å². The molecular formula is C17H22N2O2. The number of carbonyl (C=O) groups is 2. The molecule has 2 aromatic carbocycles. The molecule has 21 heavy (non-hydrogen) atoms. The minimum Gasteiger partial charge on any atom is -0.355 e. The van der Waals surface area contributed by atoms with Crippen LogP contribution in [0.4, 0.5) is 0 Å². The summed E-state index contributed by atoms with van der Waals surface area (Å²) in [5, 5.41) is 5.21. The van der Waals surface area contributed by atoms with Crippen LogP contribution in [0, 0.1) is 0 Å². The van der Waals surface area contributed by atoms with Crippen LogP contribution in [-0.4, -0.2) is 25.3 Å². The van der Waals surface area contributed by atoms with Gasteiger partial charge in [-0.05, 0) is 29.2 Å². The molecular weight excluding hydrogens is 264 g/mol. The molecule has 0 heterocycles. The maximum atomic E-state index is 11.7. The highest BCUT2D eigenvalue weighted by Gasteiger charge is 2.13. The molecule has 1 amide bonds. The third kappa shape index (κ3) is 5.00. The van der Waals surface area contributed by atoms with Crippen molar-refractivity contribution < 1.29 is 9.59 Å². The Balaban J connectivity index is 0.00000106. The third-order valence-electron chi connectivity index (χ3n) is 3.16. The molecule has 112 valence electrons. The van der Waals surface area contributed by atoms with Gasteiger partial charge in [-0.3, -0.25) is 4.79 Å². The molecule has 3 N–H and O–H groups in total. The van der Waals surface area contributed by atoms with Crippen LogP contribution in [0.1, 0.15) is 18.9 Å². The fourth-order valence-corrected chi connectivity index (χ4v) is 2.09. The van der Waals surface area contributed by atoms with Crippen molar-refractivity contribution in [3.05, 3.63) is 48.0 Å². The fourth-order valence-electron chi connectivity index (χ4n) is 2.09. The van der Waals surface area contributed by atoms with Gasteiger partial charge in [0, 0.05) is 6.54 Å². The number of amides is 1. The van der Waals surface area contributed by atoms with Gasteiger partial charge in [0.1, 0.15) is 6.79 Å². The molecule has 0 aliphatic carbocycles. The lowest BCUT2D eigenvalue weighted by Gasteiger charge is -2.12. The third-order valence-corrected chi connectivity index (χ3v) is 3.16. The number of nitrogens with two attached hydrogens (primary N) is 1. The number of nitrogens with one attached hydrogen (secondary N) is 1. The molecule has 0 aliphatic heterocycles. The van der Waals surface area contributed by atoms with Gasteiger partial charge in [0.2, 0.25) is 5.91 Å². The lowest BCUT2D eigenvalue weighted by molar-refractivity contribution is -0.122. The second-order valence-corrected chi connectivity index (χ2v) is 4.78. The van der Waals surface area contributed by atoms with Gasteiger partial charge in [-0.15, -0.1) is 0 Å². The number of hydrogen-bond acceptors (Lipinski definition) is 3. The second kappa shape index (κ2) is 8.87. The minimum absolute atomic E-state index is 0.0741. The minimum atomic E-state index is -0.479. The molecule has 1 atom stereocenters. The van der Waals surface area contributed by atoms with Crippen LogP contribution in [0.15, 0.2) is 42.5 Å². The molecule has 2 rings (SSSR count). The smallest absolute Gasteiger partial charge is 0.237 e. The second-order valence-electron chi connectivity index (χ2n) is 4.78. The summed E-state index contributed by atoms with van der Waals surface area (Å²) in [6, 6.07) is 13.9. The van der Waals surface area contributed by atoms with E-state index in [0.717, 1.165) is 12.0 Å². The maximum Gasteiger partial charge on any atom is 0.237 e. The van der Waals surface area contributed by atoms with Crippen LogP contribution in [-0.2, 0) is 16.0 Å². The molecule has 0 radical (unpaired) electrons. The van der Waals surface area contributed by atoms with Gasteiger partial charge in [0.25, 0.3) is 0 Å². The molecule has 4 heteroatoms. The molecule has 0 unspecified atom stereocenters. The molecule has 0 spiro atoms. The summed E-state index contributed by atoms with van der Waals surface area (Å²) in [6.07, 6.45) is 1.49. The highest BCUT2D eigenvalue weighted by Crippen LogP contribution is 2.16. The summed E-state index contributed by atoms with van der Waals surface area (Å²) in [5.41, 5.74) is 7.02. The van der Waals surface area contributed by atoms with E-state index in [9.17, 15) is 4.79 Å². The van der Waals surface area contributed by atoms with Gasteiger partial charge in [0.05, 0.1) is 6.04 Å². The molecule has 0 bridgehead atoms. The Morgan fingerprint density at radius 3 is 2.52 bits per heavy atom. The standard InChI is InChI=1S/C16H20N2O.CH2O/c1-2-9-18-16(19)15(17)11-12-7-8-13-5-3-4-6-14(13)10-12;1-2/h3-8,10,15H,2,9,11,17H2,1H3,(H,18,19);1H2/t15-;/m1./s1. The SMILES string of the molecule is C=O.CCCNC(=O)[C@H](N)Cc1ccc2ccccc2c1. The average Bonchev–Trinajstić information content (AvgIpc) is 2.54. The number of fused-ring (bicyclic) bond motifs is 1. The Kier molecular flexibility index (Phi) is 7.12. The fraction of sp³-hybridized carbons (Fsp3) is 0.294. The largest absolute Gasteiger partial charge is 0.355 e.